The van der Waals surface area contributed by atoms with Crippen LogP contribution in [-0.4, -0.2) is 47.7 Å². The number of thioether (sulfide) groups is 2. The number of rotatable bonds is 7. The summed E-state index contributed by atoms with van der Waals surface area (Å²) in [7, 11) is 0. The molecule has 124 valence electrons. The van der Waals surface area contributed by atoms with Crippen molar-refractivity contribution < 1.29 is 5.11 Å². The molecule has 0 radical (unpaired) electrons. The van der Waals surface area contributed by atoms with Gasteiger partial charge in [0.25, 0.3) is 0 Å². The average molecular weight is 352 g/mol. The van der Waals surface area contributed by atoms with E-state index < -0.39 is 6.10 Å². The van der Waals surface area contributed by atoms with Crippen LogP contribution in [0.2, 0.25) is 0 Å². The van der Waals surface area contributed by atoms with Gasteiger partial charge in [-0.3, -0.25) is 0 Å². The van der Waals surface area contributed by atoms with Gasteiger partial charge in [-0.05, 0) is 18.6 Å². The van der Waals surface area contributed by atoms with Crippen LogP contribution in [0.25, 0.3) is 11.2 Å². The summed E-state index contributed by atoms with van der Waals surface area (Å²) in [5, 5.41) is 20.5. The third-order valence-corrected chi connectivity index (χ3v) is 5.65. The van der Waals surface area contributed by atoms with Crippen molar-refractivity contribution in [1.29, 1.82) is 0 Å². The summed E-state index contributed by atoms with van der Waals surface area (Å²) >= 11 is 3.36. The van der Waals surface area contributed by atoms with E-state index in [4.69, 9.17) is 0 Å². The number of aliphatic hydroxyl groups excluding tert-OH is 1. The van der Waals surface area contributed by atoms with Crippen molar-refractivity contribution >= 4 is 34.7 Å². The molecule has 1 aliphatic carbocycles. The smallest absolute Gasteiger partial charge is 0.207 e. The van der Waals surface area contributed by atoms with Gasteiger partial charge in [-0.15, -0.1) is 22.0 Å². The van der Waals surface area contributed by atoms with Crippen molar-refractivity contribution in [3.05, 3.63) is 12.2 Å². The number of aromatic nitrogens is 5. The van der Waals surface area contributed by atoms with E-state index in [0.717, 1.165) is 40.0 Å². The Labute approximate surface area is 144 Å². The monoisotopic (exact) mass is 351 g/mol. The zero-order valence-electron chi connectivity index (χ0n) is 13.3. The van der Waals surface area contributed by atoms with E-state index in [1.54, 1.807) is 34.4 Å². The Balaban J connectivity index is 1.95. The highest BCUT2D eigenvalue weighted by Gasteiger charge is 2.22. The zero-order chi connectivity index (χ0) is 16.2. The highest BCUT2D eigenvalue weighted by Crippen LogP contribution is 2.29. The maximum Gasteiger partial charge on any atom is 0.207 e. The van der Waals surface area contributed by atoms with E-state index in [1.807, 2.05) is 6.08 Å². The number of hydrogen-bond acceptors (Lipinski definition) is 7. The number of nitrogens with zero attached hydrogens (tertiary/aromatic N) is 5. The van der Waals surface area contributed by atoms with Gasteiger partial charge in [-0.25, -0.2) is 4.98 Å². The minimum atomic E-state index is -0.412. The molecule has 0 saturated heterocycles. The van der Waals surface area contributed by atoms with Gasteiger partial charge in [0.05, 0.1) is 12.1 Å². The van der Waals surface area contributed by atoms with Crippen LogP contribution in [0.15, 0.2) is 22.3 Å². The average Bonchev–Trinajstić information content (AvgIpc) is 3.16. The first kappa shape index (κ1) is 16.7. The lowest BCUT2D eigenvalue weighted by molar-refractivity contribution is 0.205. The van der Waals surface area contributed by atoms with Crippen LogP contribution in [-0.2, 0) is 0 Å². The SMILES string of the molecule is CCCSc1nc(SCCC)c2nn([C@H]3C=C[C@@H](O)C3)nc2n1. The van der Waals surface area contributed by atoms with Crippen molar-refractivity contribution in [2.24, 2.45) is 0 Å². The Morgan fingerprint density at radius 3 is 2.61 bits per heavy atom. The lowest BCUT2D eigenvalue weighted by Crippen LogP contribution is -2.11. The number of fused-ring (bicyclic) bond motifs is 1. The van der Waals surface area contributed by atoms with Crippen LogP contribution < -0.4 is 0 Å². The molecule has 2 aromatic heterocycles. The van der Waals surface area contributed by atoms with E-state index in [-0.39, 0.29) is 6.04 Å². The minimum Gasteiger partial charge on any atom is -0.389 e. The molecule has 0 unspecified atom stereocenters. The van der Waals surface area contributed by atoms with Crippen LogP contribution in [0.5, 0.6) is 0 Å². The Bertz CT molecular complexity index is 702. The molecule has 8 heteroatoms. The summed E-state index contributed by atoms with van der Waals surface area (Å²) in [6.45, 7) is 4.30. The molecule has 1 N–H and O–H groups in total. The predicted octanol–water partition coefficient (Wildman–Crippen LogP) is 3.09. The Kier molecular flexibility index (Phi) is 5.55. The van der Waals surface area contributed by atoms with Gasteiger partial charge in [0, 0.05) is 12.2 Å². The van der Waals surface area contributed by atoms with Crippen LogP contribution >= 0.6 is 23.5 Å². The molecule has 23 heavy (non-hydrogen) atoms. The fourth-order valence-electron chi connectivity index (χ4n) is 2.32. The van der Waals surface area contributed by atoms with Crippen molar-refractivity contribution in [2.75, 3.05) is 11.5 Å². The quantitative estimate of drug-likeness (QED) is 0.355. The number of aliphatic hydroxyl groups is 1. The molecule has 0 amide bonds. The molecule has 1 aliphatic rings. The first-order valence-electron chi connectivity index (χ1n) is 7.97. The molecule has 0 aliphatic heterocycles. The summed E-state index contributed by atoms with van der Waals surface area (Å²) in [6.07, 6.45) is 6.11. The second kappa shape index (κ2) is 7.63. The molecule has 2 aromatic rings. The normalized spacial score (nSPS) is 20.7. The van der Waals surface area contributed by atoms with E-state index in [0.29, 0.717) is 12.1 Å². The second-order valence-corrected chi connectivity index (χ2v) is 7.60. The largest absolute Gasteiger partial charge is 0.389 e. The van der Waals surface area contributed by atoms with E-state index in [9.17, 15) is 5.11 Å². The summed E-state index contributed by atoms with van der Waals surface area (Å²) in [6, 6.07) is -0.00466. The Morgan fingerprint density at radius 1 is 1.13 bits per heavy atom. The van der Waals surface area contributed by atoms with Gasteiger partial charge >= 0.3 is 0 Å². The van der Waals surface area contributed by atoms with Gasteiger partial charge in [0.15, 0.2) is 10.7 Å². The first-order chi connectivity index (χ1) is 11.2. The summed E-state index contributed by atoms with van der Waals surface area (Å²) in [5.74, 6) is 1.99. The lowest BCUT2D eigenvalue weighted by Gasteiger charge is -2.06. The van der Waals surface area contributed by atoms with Gasteiger partial charge in [0.1, 0.15) is 5.03 Å². The standard InChI is InChI=1S/C15H21N5OS2/c1-3-7-22-14-12-13(16-15(17-14)23-8-4-2)19-20(18-12)10-5-6-11(21)9-10/h5-6,10-11,21H,3-4,7-9H2,1-2H3/t10-,11+/m0/s1. The van der Waals surface area contributed by atoms with Crippen LogP contribution in [0.1, 0.15) is 39.2 Å². The molecule has 0 spiro atoms. The van der Waals surface area contributed by atoms with Gasteiger partial charge in [-0.2, -0.15) is 9.78 Å². The molecule has 2 heterocycles. The molecule has 0 saturated carbocycles. The molecule has 2 atom stereocenters. The molecular formula is C15H21N5OS2. The van der Waals surface area contributed by atoms with Crippen molar-refractivity contribution in [3.63, 3.8) is 0 Å². The van der Waals surface area contributed by atoms with Gasteiger partial charge in [0.2, 0.25) is 5.65 Å². The van der Waals surface area contributed by atoms with E-state index in [1.165, 1.54) is 0 Å². The molecular weight excluding hydrogens is 330 g/mol. The lowest BCUT2D eigenvalue weighted by atomic mass is 10.2. The van der Waals surface area contributed by atoms with Crippen LogP contribution in [0.4, 0.5) is 0 Å². The highest BCUT2D eigenvalue weighted by atomic mass is 32.2. The molecule has 3 rings (SSSR count). The third kappa shape index (κ3) is 3.87. The fourth-order valence-corrected chi connectivity index (χ4v) is 3.89. The topological polar surface area (TPSA) is 76.7 Å². The Morgan fingerprint density at radius 2 is 1.91 bits per heavy atom. The van der Waals surface area contributed by atoms with Crippen LogP contribution in [0.3, 0.4) is 0 Å². The maximum absolute atomic E-state index is 9.66. The van der Waals surface area contributed by atoms with Gasteiger partial charge < -0.3 is 5.11 Å². The van der Waals surface area contributed by atoms with Crippen molar-refractivity contribution in [2.45, 2.75) is 55.4 Å². The minimum absolute atomic E-state index is 0.00466. The second-order valence-electron chi connectivity index (χ2n) is 5.46. The highest BCUT2D eigenvalue weighted by molar-refractivity contribution is 7.99. The molecule has 0 bridgehead atoms. The molecule has 0 aromatic carbocycles. The van der Waals surface area contributed by atoms with E-state index >= 15 is 0 Å². The third-order valence-electron chi connectivity index (χ3n) is 3.43. The summed E-state index contributed by atoms with van der Waals surface area (Å²) < 4.78 is 0. The zero-order valence-corrected chi connectivity index (χ0v) is 15.0. The van der Waals surface area contributed by atoms with E-state index in [2.05, 4.69) is 34.0 Å². The fraction of sp³-hybridized carbons (Fsp3) is 0.600. The predicted molar refractivity (Wildman–Crippen MR) is 93.9 cm³/mol. The number of allylic oxidation sites excluding steroid dienone is 1. The van der Waals surface area contributed by atoms with Crippen LogP contribution in [0, 0.1) is 0 Å². The molecule has 0 fully saturated rings. The Hall–Kier alpha value is -1.12. The van der Waals surface area contributed by atoms with Gasteiger partial charge in [-0.1, -0.05) is 37.8 Å². The van der Waals surface area contributed by atoms with Crippen molar-refractivity contribution in [1.82, 2.24) is 25.0 Å². The maximum atomic E-state index is 9.66. The van der Waals surface area contributed by atoms with Crippen molar-refractivity contribution in [3.8, 4) is 0 Å². The number of hydrogen-bond donors (Lipinski definition) is 1. The molecule has 6 nitrogen and oxygen atoms in total. The first-order valence-corrected chi connectivity index (χ1v) is 9.95. The summed E-state index contributed by atoms with van der Waals surface area (Å²) in [4.78, 5) is 10.9. The summed E-state index contributed by atoms with van der Waals surface area (Å²) in [5.41, 5.74) is 1.41.